The summed E-state index contributed by atoms with van der Waals surface area (Å²) in [5.41, 5.74) is 0.466. The minimum Gasteiger partial charge on any atom is -0.490 e. The summed E-state index contributed by atoms with van der Waals surface area (Å²) in [4.78, 5) is 12.3. The number of methoxy groups -OCH3 is 1. The number of hydrogen-bond donors (Lipinski definition) is 2. The second-order valence-corrected chi connectivity index (χ2v) is 5.82. The minimum absolute atomic E-state index is 0. The van der Waals surface area contributed by atoms with Crippen molar-refractivity contribution in [1.29, 1.82) is 0 Å². The Kier molecular flexibility index (Phi) is 9.33. The average Bonchev–Trinajstić information content (AvgIpc) is 3.02. The molecule has 1 amide bonds. The Morgan fingerprint density at radius 1 is 1.43 bits per heavy atom. The summed E-state index contributed by atoms with van der Waals surface area (Å²) in [7, 11) is 1.61. The summed E-state index contributed by atoms with van der Waals surface area (Å²) >= 11 is 5.99. The second-order valence-electron chi connectivity index (χ2n) is 5.39. The predicted molar refractivity (Wildman–Crippen MR) is 94.0 cm³/mol. The van der Waals surface area contributed by atoms with E-state index in [0.29, 0.717) is 42.0 Å². The van der Waals surface area contributed by atoms with E-state index in [9.17, 15) is 4.79 Å². The van der Waals surface area contributed by atoms with Crippen molar-refractivity contribution >= 4 is 29.9 Å². The highest BCUT2D eigenvalue weighted by atomic mass is 35.5. The molecule has 1 atom stereocenters. The SMILES string of the molecule is COCCOc1ccc(Cl)cc1C(=O)NCCC1CCNC1.Cl. The molecule has 1 heterocycles. The van der Waals surface area contributed by atoms with Gasteiger partial charge in [0.2, 0.25) is 0 Å². The van der Waals surface area contributed by atoms with Crippen LogP contribution in [-0.2, 0) is 4.74 Å². The van der Waals surface area contributed by atoms with Crippen molar-refractivity contribution in [3.05, 3.63) is 28.8 Å². The van der Waals surface area contributed by atoms with Crippen LogP contribution >= 0.6 is 24.0 Å². The van der Waals surface area contributed by atoms with E-state index in [-0.39, 0.29) is 18.3 Å². The topological polar surface area (TPSA) is 59.6 Å². The molecule has 2 rings (SSSR count). The minimum atomic E-state index is -0.152. The van der Waals surface area contributed by atoms with Crippen molar-refractivity contribution in [2.45, 2.75) is 12.8 Å². The highest BCUT2D eigenvalue weighted by Crippen LogP contribution is 2.23. The fourth-order valence-corrected chi connectivity index (χ4v) is 2.66. The summed E-state index contributed by atoms with van der Waals surface area (Å²) in [6.45, 7) is 3.64. The first-order valence-electron chi connectivity index (χ1n) is 7.61. The first-order valence-corrected chi connectivity index (χ1v) is 7.98. The molecule has 0 bridgehead atoms. The lowest BCUT2D eigenvalue weighted by Gasteiger charge is -2.13. The maximum atomic E-state index is 12.3. The maximum absolute atomic E-state index is 12.3. The Labute approximate surface area is 148 Å². The smallest absolute Gasteiger partial charge is 0.255 e. The Bertz CT molecular complexity index is 494. The molecule has 1 aliphatic rings. The number of hydrogen-bond acceptors (Lipinski definition) is 4. The molecule has 5 nitrogen and oxygen atoms in total. The van der Waals surface area contributed by atoms with E-state index in [1.54, 1.807) is 25.3 Å². The van der Waals surface area contributed by atoms with Crippen molar-refractivity contribution in [2.75, 3.05) is 40.0 Å². The number of benzene rings is 1. The summed E-state index contributed by atoms with van der Waals surface area (Å²) in [5.74, 6) is 1.03. The average molecular weight is 363 g/mol. The molecule has 1 aromatic carbocycles. The number of carbonyl (C=O) groups excluding carboxylic acids is 1. The van der Waals surface area contributed by atoms with Gasteiger partial charge in [0.1, 0.15) is 12.4 Å². The van der Waals surface area contributed by atoms with Gasteiger partial charge in [-0.2, -0.15) is 0 Å². The quantitative estimate of drug-likeness (QED) is 0.697. The van der Waals surface area contributed by atoms with Crippen molar-refractivity contribution < 1.29 is 14.3 Å². The van der Waals surface area contributed by atoms with Gasteiger partial charge in [-0.15, -0.1) is 12.4 Å². The van der Waals surface area contributed by atoms with Gasteiger partial charge in [-0.1, -0.05) is 11.6 Å². The van der Waals surface area contributed by atoms with Crippen molar-refractivity contribution in [2.24, 2.45) is 5.92 Å². The van der Waals surface area contributed by atoms with Crippen LogP contribution < -0.4 is 15.4 Å². The molecule has 1 saturated heterocycles. The largest absolute Gasteiger partial charge is 0.490 e. The van der Waals surface area contributed by atoms with Gasteiger partial charge < -0.3 is 20.1 Å². The van der Waals surface area contributed by atoms with Gasteiger partial charge in [0, 0.05) is 18.7 Å². The van der Waals surface area contributed by atoms with Gasteiger partial charge in [-0.3, -0.25) is 4.79 Å². The van der Waals surface area contributed by atoms with Crippen LogP contribution in [0.2, 0.25) is 5.02 Å². The molecule has 7 heteroatoms. The zero-order chi connectivity index (χ0) is 15.8. The lowest BCUT2D eigenvalue weighted by atomic mass is 10.1. The van der Waals surface area contributed by atoms with Gasteiger partial charge in [0.15, 0.2) is 0 Å². The third-order valence-corrected chi connectivity index (χ3v) is 3.97. The number of amides is 1. The lowest BCUT2D eigenvalue weighted by Crippen LogP contribution is -2.27. The summed E-state index contributed by atoms with van der Waals surface area (Å²) in [6, 6.07) is 5.06. The molecule has 0 aromatic heterocycles. The molecule has 2 N–H and O–H groups in total. The second kappa shape index (κ2) is 10.7. The molecule has 1 fully saturated rings. The Morgan fingerprint density at radius 3 is 2.96 bits per heavy atom. The van der Waals surface area contributed by atoms with Gasteiger partial charge in [-0.05, 0) is 50.0 Å². The maximum Gasteiger partial charge on any atom is 0.255 e. The van der Waals surface area contributed by atoms with Crippen LogP contribution in [0, 0.1) is 5.92 Å². The molecule has 0 aliphatic carbocycles. The van der Waals surface area contributed by atoms with Crippen molar-refractivity contribution in [3.8, 4) is 5.75 Å². The predicted octanol–water partition coefficient (Wildman–Crippen LogP) is 2.52. The van der Waals surface area contributed by atoms with Crippen LogP contribution in [0.15, 0.2) is 18.2 Å². The third-order valence-electron chi connectivity index (χ3n) is 3.73. The molecule has 0 spiro atoms. The van der Waals surface area contributed by atoms with E-state index in [1.165, 1.54) is 6.42 Å². The molecule has 130 valence electrons. The van der Waals surface area contributed by atoms with Gasteiger partial charge in [-0.25, -0.2) is 0 Å². The molecule has 1 aliphatic heterocycles. The zero-order valence-electron chi connectivity index (χ0n) is 13.3. The number of rotatable bonds is 8. The Balaban J connectivity index is 0.00000264. The molecular weight excluding hydrogens is 339 g/mol. The van der Waals surface area contributed by atoms with Gasteiger partial charge in [0.05, 0.1) is 12.2 Å². The van der Waals surface area contributed by atoms with E-state index in [1.807, 2.05) is 0 Å². The fourth-order valence-electron chi connectivity index (χ4n) is 2.49. The van der Waals surface area contributed by atoms with Gasteiger partial charge >= 0.3 is 0 Å². The van der Waals surface area contributed by atoms with Gasteiger partial charge in [0.25, 0.3) is 5.91 Å². The Morgan fingerprint density at radius 2 is 2.26 bits per heavy atom. The van der Waals surface area contributed by atoms with E-state index >= 15 is 0 Å². The third kappa shape index (κ3) is 6.55. The van der Waals surface area contributed by atoms with Crippen molar-refractivity contribution in [1.82, 2.24) is 10.6 Å². The highest BCUT2D eigenvalue weighted by molar-refractivity contribution is 6.31. The van der Waals surface area contributed by atoms with E-state index in [0.717, 1.165) is 19.5 Å². The van der Waals surface area contributed by atoms with Crippen molar-refractivity contribution in [3.63, 3.8) is 0 Å². The van der Waals surface area contributed by atoms with Crippen LogP contribution in [-0.4, -0.2) is 45.9 Å². The first kappa shape index (κ1) is 20.0. The summed E-state index contributed by atoms with van der Waals surface area (Å²) in [6.07, 6.45) is 2.16. The first-order chi connectivity index (χ1) is 10.7. The number of carbonyl (C=O) groups is 1. The molecule has 1 aromatic rings. The summed E-state index contributed by atoms with van der Waals surface area (Å²) < 4.78 is 10.5. The zero-order valence-corrected chi connectivity index (χ0v) is 14.8. The lowest BCUT2D eigenvalue weighted by molar-refractivity contribution is 0.0944. The summed E-state index contributed by atoms with van der Waals surface area (Å²) in [5, 5.41) is 6.79. The molecular formula is C16H24Cl2N2O3. The molecule has 0 radical (unpaired) electrons. The highest BCUT2D eigenvalue weighted by Gasteiger charge is 2.16. The molecule has 23 heavy (non-hydrogen) atoms. The van der Waals surface area contributed by atoms with Crippen LogP contribution in [0.25, 0.3) is 0 Å². The van der Waals surface area contributed by atoms with Crippen LogP contribution in [0.4, 0.5) is 0 Å². The number of nitrogens with one attached hydrogen (secondary N) is 2. The Hall–Kier alpha value is -1.01. The molecule has 0 saturated carbocycles. The standard InChI is InChI=1S/C16H23ClN2O3.ClH/c1-21-8-9-22-15-3-2-13(17)10-14(15)16(20)19-7-5-12-4-6-18-11-12;/h2-3,10,12,18H,4-9,11H2,1H3,(H,19,20);1H. The number of ether oxygens (including phenoxy) is 2. The van der Waals surface area contributed by atoms with E-state index in [2.05, 4.69) is 10.6 Å². The monoisotopic (exact) mass is 362 g/mol. The normalized spacial score (nSPS) is 16.7. The van der Waals surface area contributed by atoms with E-state index < -0.39 is 0 Å². The van der Waals surface area contributed by atoms with E-state index in [4.69, 9.17) is 21.1 Å². The molecule has 1 unspecified atom stereocenters. The van der Waals surface area contributed by atoms with Crippen LogP contribution in [0.5, 0.6) is 5.75 Å². The van der Waals surface area contributed by atoms with Crippen LogP contribution in [0.3, 0.4) is 0 Å². The fraction of sp³-hybridized carbons (Fsp3) is 0.562. The van der Waals surface area contributed by atoms with Crippen LogP contribution in [0.1, 0.15) is 23.2 Å². The number of halogens is 2.